The minimum Gasteiger partial charge on any atom is -0.374 e. The second-order valence-electron chi connectivity index (χ2n) is 4.65. The summed E-state index contributed by atoms with van der Waals surface area (Å²) in [5.74, 6) is -0.232. The van der Waals surface area contributed by atoms with Gasteiger partial charge in [0, 0.05) is 42.2 Å². The molecule has 0 unspecified atom stereocenters. The first-order chi connectivity index (χ1) is 12.6. The Balaban J connectivity index is 2.73. The van der Waals surface area contributed by atoms with Crippen LogP contribution in [0, 0.1) is 0 Å². The molecule has 0 amide bonds. The van der Waals surface area contributed by atoms with Gasteiger partial charge in [0.1, 0.15) is 0 Å². The first-order valence-electron chi connectivity index (χ1n) is 8.15. The van der Waals surface area contributed by atoms with Crippen LogP contribution in [0.2, 0.25) is 6.04 Å². The number of anilines is 1. The molecule has 14 heteroatoms. The predicted molar refractivity (Wildman–Crippen MR) is 96.0 cm³/mol. The van der Waals surface area contributed by atoms with Crippen LogP contribution in [0.15, 0.2) is 10.2 Å². The lowest BCUT2D eigenvalue weighted by Crippen LogP contribution is -2.46. The molecule has 1 rings (SSSR count). The third-order valence-corrected chi connectivity index (χ3v) is 6.07. The van der Waals surface area contributed by atoms with E-state index < -0.39 is 8.80 Å². The summed E-state index contributed by atoms with van der Waals surface area (Å²) >= 11 is 0. The van der Waals surface area contributed by atoms with Crippen LogP contribution in [0.4, 0.5) is 17.8 Å². The van der Waals surface area contributed by atoms with Crippen LogP contribution in [-0.4, -0.2) is 50.1 Å². The summed E-state index contributed by atoms with van der Waals surface area (Å²) in [4.78, 5) is 16.8. The Bertz CT molecular complexity index is 609. The molecule has 26 heavy (non-hydrogen) atoms. The molecular weight excluding hydrogens is 360 g/mol. The highest BCUT2D eigenvalue weighted by atomic mass is 28.4. The average Bonchev–Trinajstić information content (AvgIpc) is 2.60. The van der Waals surface area contributed by atoms with Gasteiger partial charge in [-0.25, -0.2) is 4.98 Å². The molecule has 0 aliphatic rings. The number of hydrogen-bond donors (Lipinski definition) is 1. The second kappa shape index (κ2) is 12.0. The van der Waals surface area contributed by atoms with Crippen LogP contribution in [0.1, 0.15) is 27.2 Å². The van der Waals surface area contributed by atoms with Crippen LogP contribution in [-0.2, 0) is 13.3 Å². The van der Waals surface area contributed by atoms with Crippen LogP contribution in [0.3, 0.4) is 0 Å². The second-order valence-corrected chi connectivity index (χ2v) is 7.38. The van der Waals surface area contributed by atoms with Gasteiger partial charge in [-0.3, -0.25) is 0 Å². The normalized spacial score (nSPS) is 10.7. The van der Waals surface area contributed by atoms with E-state index in [4.69, 9.17) is 24.3 Å². The van der Waals surface area contributed by atoms with Crippen LogP contribution in [0.25, 0.3) is 20.9 Å². The third-order valence-electron chi connectivity index (χ3n) is 2.92. The number of aromatic nitrogens is 3. The minimum atomic E-state index is -2.71. The van der Waals surface area contributed by atoms with Crippen molar-refractivity contribution in [1.82, 2.24) is 15.0 Å². The summed E-state index contributed by atoms with van der Waals surface area (Å²) in [5, 5.41) is 9.55. The Morgan fingerprint density at radius 3 is 1.85 bits per heavy atom. The average molecular weight is 382 g/mol. The van der Waals surface area contributed by atoms with Crippen molar-refractivity contribution < 1.29 is 13.3 Å². The van der Waals surface area contributed by atoms with Crippen molar-refractivity contribution in [3.63, 3.8) is 0 Å². The fraction of sp³-hybridized carbons (Fsp3) is 0.750. The molecule has 0 atom stereocenters. The molecule has 13 nitrogen and oxygen atoms in total. The molecule has 0 aliphatic carbocycles. The van der Waals surface area contributed by atoms with Crippen molar-refractivity contribution >= 4 is 26.6 Å². The standard InChI is InChI=1S/C12H22N10O3Si/c1-4-23-26(24-5-2,25-6-3)9-7-8-15-10-16-11(19-21-13)18-12(17-10)20-22-14/h4-9H2,1-3H3,(H,15,16,17,18). The number of azide groups is 2. The molecule has 0 spiro atoms. The zero-order valence-corrected chi connectivity index (χ0v) is 16.0. The molecule has 0 aliphatic heterocycles. The quantitative estimate of drug-likeness (QED) is 0.178. The Kier molecular flexibility index (Phi) is 9.93. The summed E-state index contributed by atoms with van der Waals surface area (Å²) in [5.41, 5.74) is 17.0. The van der Waals surface area contributed by atoms with Crippen molar-refractivity contribution in [3.8, 4) is 0 Å². The lowest BCUT2D eigenvalue weighted by molar-refractivity contribution is 0.0710. The van der Waals surface area contributed by atoms with Crippen LogP contribution >= 0.6 is 0 Å². The molecule has 1 N–H and O–H groups in total. The lowest BCUT2D eigenvalue weighted by atomic mass is 10.5. The molecule has 0 bridgehead atoms. The number of rotatable bonds is 13. The lowest BCUT2D eigenvalue weighted by Gasteiger charge is -2.28. The van der Waals surface area contributed by atoms with Gasteiger partial charge in [-0.1, -0.05) is 0 Å². The maximum atomic E-state index is 8.48. The van der Waals surface area contributed by atoms with Gasteiger partial charge >= 0.3 is 8.80 Å². The van der Waals surface area contributed by atoms with Crippen molar-refractivity contribution in [1.29, 1.82) is 0 Å². The summed E-state index contributed by atoms with van der Waals surface area (Å²) in [7, 11) is -2.71. The maximum absolute atomic E-state index is 8.48. The van der Waals surface area contributed by atoms with Crippen LogP contribution < -0.4 is 5.32 Å². The summed E-state index contributed by atoms with van der Waals surface area (Å²) in [6, 6.07) is 0.618. The predicted octanol–water partition coefficient (Wildman–Crippen LogP) is 3.61. The third kappa shape index (κ3) is 7.19. The molecular formula is C12H22N10O3Si. The summed E-state index contributed by atoms with van der Waals surface area (Å²) < 4.78 is 17.3. The molecule has 0 aromatic carbocycles. The van der Waals surface area contributed by atoms with E-state index in [0.717, 1.165) is 0 Å². The Hall–Kier alpha value is -2.47. The van der Waals surface area contributed by atoms with E-state index >= 15 is 0 Å². The van der Waals surface area contributed by atoms with E-state index in [0.29, 0.717) is 38.8 Å². The Labute approximate surface area is 151 Å². The van der Waals surface area contributed by atoms with E-state index in [1.54, 1.807) is 0 Å². The number of nitrogens with one attached hydrogen (secondary N) is 1. The zero-order valence-electron chi connectivity index (χ0n) is 15.0. The van der Waals surface area contributed by atoms with Gasteiger partial charge in [-0.05, 0) is 48.5 Å². The Morgan fingerprint density at radius 2 is 1.42 bits per heavy atom. The highest BCUT2D eigenvalue weighted by Gasteiger charge is 2.39. The Morgan fingerprint density at radius 1 is 0.923 bits per heavy atom. The zero-order chi connectivity index (χ0) is 19.3. The largest absolute Gasteiger partial charge is 0.500 e. The fourth-order valence-corrected chi connectivity index (χ4v) is 4.72. The summed E-state index contributed by atoms with van der Waals surface area (Å²) in [6.45, 7) is 7.72. The van der Waals surface area contributed by atoms with Crippen LogP contribution in [0.5, 0.6) is 0 Å². The first kappa shape index (κ1) is 21.6. The van der Waals surface area contributed by atoms with E-state index in [2.05, 4.69) is 40.3 Å². The molecule has 0 saturated carbocycles. The first-order valence-corrected chi connectivity index (χ1v) is 10.1. The van der Waals surface area contributed by atoms with E-state index in [1.807, 2.05) is 20.8 Å². The summed E-state index contributed by atoms with van der Waals surface area (Å²) in [6.07, 6.45) is 0.672. The van der Waals surface area contributed by atoms with Gasteiger partial charge in [-0.15, -0.1) is 0 Å². The highest BCUT2D eigenvalue weighted by molar-refractivity contribution is 6.60. The van der Waals surface area contributed by atoms with E-state index in [1.165, 1.54) is 0 Å². The van der Waals surface area contributed by atoms with Gasteiger partial charge < -0.3 is 18.6 Å². The van der Waals surface area contributed by atoms with E-state index in [9.17, 15) is 0 Å². The number of hydrogen-bond acceptors (Lipinski definition) is 9. The maximum Gasteiger partial charge on any atom is 0.500 e. The fourth-order valence-electron chi connectivity index (χ4n) is 2.11. The number of nitrogens with zero attached hydrogens (tertiary/aromatic N) is 9. The topological polar surface area (TPSA) is 176 Å². The van der Waals surface area contributed by atoms with Gasteiger partial charge in [0.15, 0.2) is 0 Å². The monoisotopic (exact) mass is 382 g/mol. The SMILES string of the molecule is CCO[Si](CCCNc1nc(N=[N+]=[N-])nc(N=[N+]=[N-])n1)(OCC)OCC. The van der Waals surface area contributed by atoms with Crippen molar-refractivity contribution in [2.24, 2.45) is 10.2 Å². The highest BCUT2D eigenvalue weighted by Crippen LogP contribution is 2.19. The smallest absolute Gasteiger partial charge is 0.374 e. The van der Waals surface area contributed by atoms with Crippen molar-refractivity contribution in [2.75, 3.05) is 31.7 Å². The van der Waals surface area contributed by atoms with Gasteiger partial charge in [0.2, 0.25) is 17.8 Å². The molecule has 1 aromatic heterocycles. The van der Waals surface area contributed by atoms with Gasteiger partial charge in [-0.2, -0.15) is 9.97 Å². The van der Waals surface area contributed by atoms with Crippen molar-refractivity contribution in [3.05, 3.63) is 20.9 Å². The molecule has 0 fully saturated rings. The van der Waals surface area contributed by atoms with Gasteiger partial charge in [0.25, 0.3) is 0 Å². The molecule has 0 radical (unpaired) electrons. The van der Waals surface area contributed by atoms with Crippen molar-refractivity contribution in [2.45, 2.75) is 33.2 Å². The molecule has 142 valence electrons. The molecule has 1 heterocycles. The van der Waals surface area contributed by atoms with E-state index in [-0.39, 0.29) is 17.8 Å². The van der Waals surface area contributed by atoms with Gasteiger partial charge in [0.05, 0.1) is 0 Å². The molecule has 1 aromatic rings. The molecule has 0 saturated heterocycles. The minimum absolute atomic E-state index is 0.140.